The molecule has 156 valence electrons. The van der Waals surface area contributed by atoms with Crippen molar-refractivity contribution in [3.63, 3.8) is 0 Å². The molecule has 7 heteroatoms. The minimum absolute atomic E-state index is 0.0794. The first-order chi connectivity index (χ1) is 14.1. The molecule has 1 fully saturated rings. The van der Waals surface area contributed by atoms with Crippen molar-refractivity contribution in [1.29, 1.82) is 0 Å². The Bertz CT molecular complexity index is 787. The Morgan fingerprint density at radius 2 is 2.00 bits per heavy atom. The van der Waals surface area contributed by atoms with Crippen molar-refractivity contribution < 1.29 is 19.8 Å². The van der Waals surface area contributed by atoms with Gasteiger partial charge in [0.1, 0.15) is 0 Å². The molecule has 4 atom stereocenters. The third-order valence-electron chi connectivity index (χ3n) is 6.04. The summed E-state index contributed by atoms with van der Waals surface area (Å²) in [5, 5.41) is 25.9. The van der Waals surface area contributed by atoms with Crippen molar-refractivity contribution in [2.45, 2.75) is 55.6 Å². The van der Waals surface area contributed by atoms with Gasteiger partial charge in [0.25, 0.3) is 11.8 Å². The summed E-state index contributed by atoms with van der Waals surface area (Å²) in [6, 6.07) is 8.03. The molecule has 2 heterocycles. The van der Waals surface area contributed by atoms with E-state index in [4.69, 9.17) is 0 Å². The molecule has 1 saturated carbocycles. The lowest BCUT2D eigenvalue weighted by Crippen LogP contribution is -2.53. The van der Waals surface area contributed by atoms with Crippen LogP contribution in [0.25, 0.3) is 0 Å². The highest BCUT2D eigenvalue weighted by atomic mass is 32.2. The van der Waals surface area contributed by atoms with Gasteiger partial charge in [0.2, 0.25) is 0 Å². The van der Waals surface area contributed by atoms with Crippen molar-refractivity contribution in [1.82, 2.24) is 10.2 Å². The summed E-state index contributed by atoms with van der Waals surface area (Å²) in [6.07, 6.45) is 3.18. The second kappa shape index (κ2) is 8.90. The molecule has 0 radical (unpaired) electrons. The molecule has 0 saturated heterocycles. The quantitative estimate of drug-likeness (QED) is 0.630. The molecule has 0 aromatic heterocycles. The third-order valence-corrected chi connectivity index (χ3v) is 7.20. The smallest absolute Gasteiger partial charge is 0.255 e. The topological polar surface area (TPSA) is 89.9 Å². The maximum Gasteiger partial charge on any atom is 0.255 e. The number of allylic oxidation sites excluding steroid dienone is 1. The Morgan fingerprint density at radius 3 is 2.72 bits per heavy atom. The van der Waals surface area contributed by atoms with Crippen LogP contribution in [0.15, 0.2) is 35.7 Å². The number of thioether (sulfide) groups is 1. The maximum absolute atomic E-state index is 13.0. The summed E-state index contributed by atoms with van der Waals surface area (Å²) in [4.78, 5) is 26.9. The van der Waals surface area contributed by atoms with Crippen LogP contribution in [-0.4, -0.2) is 57.5 Å². The van der Waals surface area contributed by atoms with Gasteiger partial charge >= 0.3 is 0 Å². The first-order valence-corrected chi connectivity index (χ1v) is 11.3. The van der Waals surface area contributed by atoms with Gasteiger partial charge in [-0.3, -0.25) is 9.59 Å². The number of rotatable bonds is 7. The lowest BCUT2D eigenvalue weighted by Gasteiger charge is -2.39. The van der Waals surface area contributed by atoms with Crippen LogP contribution in [0.2, 0.25) is 0 Å². The normalized spacial score (nSPS) is 25.4. The predicted octanol–water partition coefficient (Wildman–Crippen LogP) is 1.77. The fraction of sp³-hybridized carbons (Fsp3) is 0.545. The fourth-order valence-electron chi connectivity index (χ4n) is 4.29. The molecule has 0 spiro atoms. The molecule has 3 N–H and O–H groups in total. The van der Waals surface area contributed by atoms with Gasteiger partial charge in [0, 0.05) is 18.3 Å². The number of amides is 2. The van der Waals surface area contributed by atoms with Crippen molar-refractivity contribution in [2.75, 3.05) is 13.1 Å². The van der Waals surface area contributed by atoms with Crippen molar-refractivity contribution in [3.8, 4) is 0 Å². The van der Waals surface area contributed by atoms with Gasteiger partial charge in [-0.05, 0) is 54.6 Å². The Labute approximate surface area is 175 Å². The van der Waals surface area contributed by atoms with E-state index in [-0.39, 0.29) is 6.04 Å². The largest absolute Gasteiger partial charge is 0.380 e. The highest BCUT2D eigenvalue weighted by molar-refractivity contribution is 8.03. The number of hydrogen-bond donors (Lipinski definition) is 3. The van der Waals surface area contributed by atoms with E-state index in [2.05, 4.69) is 22.9 Å². The molecule has 2 aliphatic heterocycles. The molecular formula is C22H28N2O4S. The molecule has 6 nitrogen and oxygen atoms in total. The lowest BCUT2D eigenvalue weighted by atomic mass is 9.89. The number of nitrogens with one attached hydrogen (secondary N) is 1. The maximum atomic E-state index is 13.0. The molecule has 2 amide bonds. The van der Waals surface area contributed by atoms with Crippen LogP contribution >= 0.6 is 11.8 Å². The molecule has 1 aromatic carbocycles. The van der Waals surface area contributed by atoms with Crippen LogP contribution in [-0.2, 0) is 16.0 Å². The van der Waals surface area contributed by atoms with Gasteiger partial charge in [-0.1, -0.05) is 30.3 Å². The van der Waals surface area contributed by atoms with Crippen molar-refractivity contribution in [2.24, 2.45) is 5.92 Å². The van der Waals surface area contributed by atoms with Crippen LogP contribution in [0.1, 0.15) is 42.9 Å². The van der Waals surface area contributed by atoms with E-state index in [9.17, 15) is 19.8 Å². The minimum Gasteiger partial charge on any atom is -0.380 e. The minimum atomic E-state index is -1.76. The van der Waals surface area contributed by atoms with Crippen LogP contribution < -0.4 is 5.32 Å². The van der Waals surface area contributed by atoms with Crippen molar-refractivity contribution in [3.05, 3.63) is 46.9 Å². The molecule has 29 heavy (non-hydrogen) atoms. The highest BCUT2D eigenvalue weighted by Gasteiger charge is 2.44. The summed E-state index contributed by atoms with van der Waals surface area (Å²) >= 11 is 1.73. The number of fused-ring (bicyclic) bond motifs is 1. The summed E-state index contributed by atoms with van der Waals surface area (Å²) in [5.74, 6) is -0.868. The first kappa shape index (κ1) is 20.4. The number of nitrogens with zero attached hydrogens (tertiary/aromatic N) is 1. The van der Waals surface area contributed by atoms with Gasteiger partial charge < -0.3 is 20.4 Å². The third kappa shape index (κ3) is 4.52. The number of carbonyl (C=O) groups is 2. The molecule has 1 aliphatic carbocycles. The molecule has 2 unspecified atom stereocenters. The molecule has 1 aromatic rings. The average molecular weight is 417 g/mol. The summed E-state index contributed by atoms with van der Waals surface area (Å²) in [5.41, 5.74) is 2.36. The number of carbonyl (C=O) groups excluding carboxylic acids is 2. The summed E-state index contributed by atoms with van der Waals surface area (Å²) in [6.45, 7) is 0.909. The standard InChI is InChI=1S/C22H28N2O4S/c25-19(21(27)23-11-9-16-5-3-13-29-16)20(26)22(28)24-12-10-14-4-1-2-6-17(14)18(24)15-7-8-15/h1-4,6,13,15-16,18-20,25-26H,5,7-12H2,(H,23,27)/t16?,18?,19-,20-/m1/s1. The Hall–Kier alpha value is -1.83. The molecule has 4 rings (SSSR count). The molecule has 3 aliphatic rings. The van der Waals surface area contributed by atoms with Gasteiger partial charge in [-0.15, -0.1) is 11.8 Å². The molecular weight excluding hydrogens is 388 g/mol. The van der Waals surface area contributed by atoms with E-state index in [0.717, 1.165) is 31.2 Å². The predicted molar refractivity (Wildman–Crippen MR) is 112 cm³/mol. The number of hydrogen-bond acceptors (Lipinski definition) is 5. The van der Waals surface area contributed by atoms with Gasteiger partial charge in [0.05, 0.1) is 6.04 Å². The van der Waals surface area contributed by atoms with Crippen LogP contribution in [0.5, 0.6) is 0 Å². The van der Waals surface area contributed by atoms with E-state index in [1.54, 1.807) is 16.7 Å². The highest BCUT2D eigenvalue weighted by Crippen LogP contribution is 2.47. The van der Waals surface area contributed by atoms with Gasteiger partial charge in [0.15, 0.2) is 12.2 Å². The average Bonchev–Trinajstić information content (AvgIpc) is 3.46. The van der Waals surface area contributed by atoms with Crippen LogP contribution in [0, 0.1) is 5.92 Å². The zero-order valence-electron chi connectivity index (χ0n) is 16.4. The van der Waals surface area contributed by atoms with Crippen molar-refractivity contribution >= 4 is 23.6 Å². The van der Waals surface area contributed by atoms with Gasteiger partial charge in [-0.2, -0.15) is 0 Å². The lowest BCUT2D eigenvalue weighted by molar-refractivity contribution is -0.155. The zero-order chi connectivity index (χ0) is 20.4. The summed E-state index contributed by atoms with van der Waals surface area (Å²) in [7, 11) is 0. The summed E-state index contributed by atoms with van der Waals surface area (Å²) < 4.78 is 0. The van der Waals surface area contributed by atoms with E-state index >= 15 is 0 Å². The Kier molecular flexibility index (Phi) is 6.27. The first-order valence-electron chi connectivity index (χ1n) is 10.4. The number of benzene rings is 1. The zero-order valence-corrected chi connectivity index (χ0v) is 17.2. The SMILES string of the molecule is O=C(NCCC1CC=CS1)[C@H](O)[C@@H](O)C(=O)N1CCc2ccccc2C1C1CC1. The van der Waals surface area contributed by atoms with E-state index < -0.39 is 24.0 Å². The van der Waals surface area contributed by atoms with Crippen LogP contribution in [0.3, 0.4) is 0 Å². The van der Waals surface area contributed by atoms with Crippen LogP contribution in [0.4, 0.5) is 0 Å². The molecule has 0 bridgehead atoms. The fourth-order valence-corrected chi connectivity index (χ4v) is 5.21. The Morgan fingerprint density at radius 1 is 1.21 bits per heavy atom. The van der Waals surface area contributed by atoms with E-state index in [1.165, 1.54) is 5.56 Å². The van der Waals surface area contributed by atoms with E-state index in [0.29, 0.717) is 30.7 Å². The number of aliphatic hydroxyl groups is 2. The Balaban J connectivity index is 1.37. The second-order valence-electron chi connectivity index (χ2n) is 8.10. The monoisotopic (exact) mass is 416 g/mol. The van der Waals surface area contributed by atoms with E-state index in [1.807, 2.05) is 18.2 Å². The second-order valence-corrected chi connectivity index (χ2v) is 9.31. The number of aliphatic hydroxyl groups excluding tert-OH is 2. The van der Waals surface area contributed by atoms with Gasteiger partial charge in [-0.25, -0.2) is 0 Å².